The van der Waals surface area contributed by atoms with E-state index in [1.54, 1.807) is 24.3 Å². The first-order valence-electron chi connectivity index (χ1n) is 5.65. The second kappa shape index (κ2) is 6.45. The summed E-state index contributed by atoms with van der Waals surface area (Å²) in [6, 6.07) is 6.40. The van der Waals surface area contributed by atoms with Gasteiger partial charge in [0.05, 0.1) is 0 Å². The van der Waals surface area contributed by atoms with E-state index in [9.17, 15) is 9.59 Å². The van der Waals surface area contributed by atoms with Crippen LogP contribution in [-0.4, -0.2) is 18.4 Å². The number of hydrogen-bond acceptors (Lipinski definition) is 2. The molecule has 1 aromatic rings. The minimum absolute atomic E-state index is 0.0141. The SMILES string of the molecule is C#Cc1ccc(NC(=O)[C@@H](NC=O)C(C)C)cc1. The first-order chi connectivity index (χ1) is 8.58. The molecule has 1 rings (SSSR count). The molecule has 0 saturated heterocycles. The molecule has 94 valence electrons. The van der Waals surface area contributed by atoms with E-state index in [0.29, 0.717) is 12.1 Å². The summed E-state index contributed by atoms with van der Waals surface area (Å²) in [7, 11) is 0. The summed E-state index contributed by atoms with van der Waals surface area (Å²) >= 11 is 0. The van der Waals surface area contributed by atoms with E-state index in [-0.39, 0.29) is 11.8 Å². The molecule has 0 fully saturated rings. The van der Waals surface area contributed by atoms with Crippen LogP contribution in [0.1, 0.15) is 19.4 Å². The van der Waals surface area contributed by atoms with Crippen LogP contribution in [0.5, 0.6) is 0 Å². The van der Waals surface area contributed by atoms with Gasteiger partial charge in [-0.1, -0.05) is 19.8 Å². The van der Waals surface area contributed by atoms with Crippen LogP contribution in [-0.2, 0) is 9.59 Å². The summed E-state index contributed by atoms with van der Waals surface area (Å²) < 4.78 is 0. The maximum Gasteiger partial charge on any atom is 0.247 e. The zero-order valence-corrected chi connectivity index (χ0v) is 10.4. The molecule has 0 aliphatic carbocycles. The van der Waals surface area contributed by atoms with Gasteiger partial charge in [0.25, 0.3) is 0 Å². The quantitative estimate of drug-likeness (QED) is 0.607. The van der Waals surface area contributed by atoms with Crippen LogP contribution < -0.4 is 10.6 Å². The molecular formula is C14H16N2O2. The molecule has 2 amide bonds. The lowest BCUT2D eigenvalue weighted by Gasteiger charge is -2.19. The summed E-state index contributed by atoms with van der Waals surface area (Å²) in [6.07, 6.45) is 5.78. The Balaban J connectivity index is 2.73. The van der Waals surface area contributed by atoms with Gasteiger partial charge in [-0.05, 0) is 30.2 Å². The highest BCUT2D eigenvalue weighted by Gasteiger charge is 2.21. The van der Waals surface area contributed by atoms with Crippen LogP contribution in [0.15, 0.2) is 24.3 Å². The lowest BCUT2D eigenvalue weighted by Crippen LogP contribution is -2.43. The maximum atomic E-state index is 11.9. The van der Waals surface area contributed by atoms with E-state index >= 15 is 0 Å². The standard InChI is InChI=1S/C14H16N2O2/c1-4-11-5-7-12(8-6-11)16-14(18)13(10(2)3)15-9-17/h1,5-10,13H,2-3H3,(H,15,17)(H,16,18)/t13-/m0/s1. The Labute approximate surface area is 107 Å². The number of rotatable bonds is 5. The van der Waals surface area contributed by atoms with Gasteiger partial charge in [-0.3, -0.25) is 9.59 Å². The zero-order chi connectivity index (χ0) is 13.5. The van der Waals surface area contributed by atoms with Crippen molar-refractivity contribution in [2.45, 2.75) is 19.9 Å². The van der Waals surface area contributed by atoms with Gasteiger partial charge in [-0.15, -0.1) is 6.42 Å². The third kappa shape index (κ3) is 3.63. The molecule has 0 unspecified atom stereocenters. The number of hydrogen-bond donors (Lipinski definition) is 2. The molecule has 1 atom stereocenters. The van der Waals surface area contributed by atoms with Crippen molar-refractivity contribution in [3.8, 4) is 12.3 Å². The summed E-state index contributed by atoms with van der Waals surface area (Å²) in [4.78, 5) is 22.4. The fourth-order valence-electron chi connectivity index (χ4n) is 1.51. The fraction of sp³-hybridized carbons (Fsp3) is 0.286. The number of anilines is 1. The average Bonchev–Trinajstić information content (AvgIpc) is 2.36. The molecule has 0 spiro atoms. The van der Waals surface area contributed by atoms with Crippen molar-refractivity contribution in [3.05, 3.63) is 29.8 Å². The smallest absolute Gasteiger partial charge is 0.247 e. The van der Waals surface area contributed by atoms with E-state index in [4.69, 9.17) is 6.42 Å². The van der Waals surface area contributed by atoms with Crippen molar-refractivity contribution in [3.63, 3.8) is 0 Å². The molecule has 0 heterocycles. The molecule has 0 aliphatic heterocycles. The first kappa shape index (κ1) is 13.8. The minimum Gasteiger partial charge on any atom is -0.347 e. The monoisotopic (exact) mass is 244 g/mol. The Morgan fingerprint density at radius 1 is 1.33 bits per heavy atom. The van der Waals surface area contributed by atoms with Gasteiger partial charge in [-0.2, -0.15) is 0 Å². The van der Waals surface area contributed by atoms with E-state index in [1.807, 2.05) is 13.8 Å². The van der Waals surface area contributed by atoms with Crippen LogP contribution in [0.4, 0.5) is 5.69 Å². The summed E-state index contributed by atoms with van der Waals surface area (Å²) in [6.45, 7) is 3.73. The van der Waals surface area contributed by atoms with Crippen LogP contribution in [0.25, 0.3) is 0 Å². The molecule has 0 aromatic heterocycles. The molecule has 4 heteroatoms. The Morgan fingerprint density at radius 2 is 1.94 bits per heavy atom. The molecule has 1 aromatic carbocycles. The first-order valence-corrected chi connectivity index (χ1v) is 5.65. The van der Waals surface area contributed by atoms with Gasteiger partial charge >= 0.3 is 0 Å². The molecule has 0 aliphatic rings. The van der Waals surface area contributed by atoms with Crippen molar-refractivity contribution < 1.29 is 9.59 Å². The number of amides is 2. The van der Waals surface area contributed by atoms with E-state index in [0.717, 1.165) is 5.56 Å². The summed E-state index contributed by atoms with van der Waals surface area (Å²) in [5, 5.41) is 5.23. The third-order valence-corrected chi connectivity index (χ3v) is 2.52. The topological polar surface area (TPSA) is 58.2 Å². The zero-order valence-electron chi connectivity index (χ0n) is 10.4. The highest BCUT2D eigenvalue weighted by molar-refractivity contribution is 5.96. The average molecular weight is 244 g/mol. The second-order valence-corrected chi connectivity index (χ2v) is 4.22. The van der Waals surface area contributed by atoms with Gasteiger partial charge in [0, 0.05) is 11.3 Å². The Kier molecular flexibility index (Phi) is 4.94. The van der Waals surface area contributed by atoms with Crippen molar-refractivity contribution in [2.24, 2.45) is 5.92 Å². The van der Waals surface area contributed by atoms with E-state index in [1.165, 1.54) is 0 Å². The highest BCUT2D eigenvalue weighted by Crippen LogP contribution is 2.11. The predicted octanol–water partition coefficient (Wildman–Crippen LogP) is 1.38. The van der Waals surface area contributed by atoms with Gasteiger partial charge in [0.1, 0.15) is 6.04 Å². The number of benzene rings is 1. The van der Waals surface area contributed by atoms with Crippen LogP contribution >= 0.6 is 0 Å². The van der Waals surface area contributed by atoms with Crippen LogP contribution in [0.3, 0.4) is 0 Å². The molecule has 4 nitrogen and oxygen atoms in total. The largest absolute Gasteiger partial charge is 0.347 e. The minimum atomic E-state index is -0.546. The maximum absolute atomic E-state index is 11.9. The van der Waals surface area contributed by atoms with Gasteiger partial charge in [-0.25, -0.2) is 0 Å². The third-order valence-electron chi connectivity index (χ3n) is 2.52. The van der Waals surface area contributed by atoms with Crippen molar-refractivity contribution in [1.82, 2.24) is 5.32 Å². The van der Waals surface area contributed by atoms with Crippen molar-refractivity contribution in [2.75, 3.05) is 5.32 Å². The predicted molar refractivity (Wildman–Crippen MR) is 70.8 cm³/mol. The van der Waals surface area contributed by atoms with Gasteiger partial charge < -0.3 is 10.6 Å². The number of terminal acetylenes is 1. The number of nitrogens with one attached hydrogen (secondary N) is 2. The normalized spacial score (nSPS) is 11.4. The summed E-state index contributed by atoms with van der Waals surface area (Å²) in [5.41, 5.74) is 1.40. The van der Waals surface area contributed by atoms with Crippen LogP contribution in [0.2, 0.25) is 0 Å². The highest BCUT2D eigenvalue weighted by atomic mass is 16.2. The molecule has 18 heavy (non-hydrogen) atoms. The van der Waals surface area contributed by atoms with Crippen molar-refractivity contribution >= 4 is 18.0 Å². The summed E-state index contributed by atoms with van der Waals surface area (Å²) in [5.74, 6) is 2.27. The Hall–Kier alpha value is -2.28. The molecule has 0 saturated carbocycles. The van der Waals surface area contributed by atoms with Crippen molar-refractivity contribution in [1.29, 1.82) is 0 Å². The Morgan fingerprint density at radius 3 is 2.39 bits per heavy atom. The van der Waals surface area contributed by atoms with Gasteiger partial charge in [0.2, 0.25) is 12.3 Å². The molecular weight excluding hydrogens is 228 g/mol. The lowest BCUT2D eigenvalue weighted by atomic mass is 10.0. The van der Waals surface area contributed by atoms with Gasteiger partial charge in [0.15, 0.2) is 0 Å². The molecule has 2 N–H and O–H groups in total. The fourth-order valence-corrected chi connectivity index (χ4v) is 1.51. The van der Waals surface area contributed by atoms with Crippen LogP contribution in [0, 0.1) is 18.3 Å². The number of carbonyl (C=O) groups excluding carboxylic acids is 2. The second-order valence-electron chi connectivity index (χ2n) is 4.22. The lowest BCUT2D eigenvalue weighted by molar-refractivity contribution is -0.122. The Bertz CT molecular complexity index is 458. The van der Waals surface area contributed by atoms with E-state index < -0.39 is 6.04 Å². The van der Waals surface area contributed by atoms with E-state index in [2.05, 4.69) is 16.6 Å². The number of carbonyl (C=O) groups is 2. The molecule has 0 radical (unpaired) electrons. The molecule has 0 bridgehead atoms.